The molecule has 2 atom stereocenters. The molecule has 192 valence electrons. The van der Waals surface area contributed by atoms with Gasteiger partial charge in [-0.05, 0) is 18.2 Å². The van der Waals surface area contributed by atoms with Gasteiger partial charge in [0.1, 0.15) is 0 Å². The van der Waals surface area contributed by atoms with E-state index in [0.717, 1.165) is 12.3 Å². The predicted octanol–water partition coefficient (Wildman–Crippen LogP) is 0.884. The fraction of sp³-hybridized carbons (Fsp3) is 0.227. The van der Waals surface area contributed by atoms with E-state index in [-0.39, 0.29) is 40.7 Å². The van der Waals surface area contributed by atoms with Crippen LogP contribution < -0.4 is 21.5 Å². The monoisotopic (exact) mass is 515 g/mol. The van der Waals surface area contributed by atoms with Gasteiger partial charge >= 0.3 is 6.55 Å². The van der Waals surface area contributed by atoms with Crippen molar-refractivity contribution in [1.82, 2.24) is 19.5 Å². The number of fused-ring (bicyclic) bond motifs is 1. The van der Waals surface area contributed by atoms with Gasteiger partial charge in [-0.3, -0.25) is 23.9 Å². The number of pyridine rings is 1. The van der Waals surface area contributed by atoms with Crippen LogP contribution in [0.2, 0.25) is 0 Å². The first-order valence-electron chi connectivity index (χ1n) is 10.9. The molecule has 15 heteroatoms. The number of anilines is 3. The van der Waals surface area contributed by atoms with Crippen molar-refractivity contribution in [3.8, 4) is 5.69 Å². The number of halogens is 2. The standard InChI is InChI=1S/C22H19F2N7O6/c23-22(24)30-10-12(2-4-16(30)32)31-6-5-15(27-31)29-7-8-36-18(21(29)35)17(33)20(34)26-11-1-3-13-14(9-11)37-28-19(13)25/h1-6,9-10,17-18,22,33H,7-8H2,(H2,25,28)(H,26,34). The number of hydrogen-bond donors (Lipinski definition) is 3. The Kier molecular flexibility index (Phi) is 6.14. The zero-order valence-corrected chi connectivity index (χ0v) is 18.8. The Morgan fingerprint density at radius 2 is 2.03 bits per heavy atom. The number of aliphatic hydroxyl groups is 1. The zero-order valence-electron chi connectivity index (χ0n) is 18.8. The largest absolute Gasteiger partial charge is 0.380 e. The Bertz CT molecular complexity index is 1550. The summed E-state index contributed by atoms with van der Waals surface area (Å²) in [6, 6.07) is 8.30. The van der Waals surface area contributed by atoms with Crippen molar-refractivity contribution < 1.29 is 32.7 Å². The number of alkyl halides is 2. The highest BCUT2D eigenvalue weighted by Crippen LogP contribution is 2.25. The van der Waals surface area contributed by atoms with Gasteiger partial charge in [0, 0.05) is 36.3 Å². The van der Waals surface area contributed by atoms with Crippen LogP contribution in [0, 0.1) is 0 Å². The second-order valence-corrected chi connectivity index (χ2v) is 8.02. The van der Waals surface area contributed by atoms with Gasteiger partial charge in [-0.25, -0.2) is 4.68 Å². The quantitative estimate of drug-likeness (QED) is 0.337. The molecular formula is C22H19F2N7O6. The van der Waals surface area contributed by atoms with E-state index in [0.29, 0.717) is 11.0 Å². The summed E-state index contributed by atoms with van der Waals surface area (Å²) in [5.74, 6) is -1.30. The molecule has 0 aliphatic carbocycles. The Balaban J connectivity index is 1.31. The molecule has 4 N–H and O–H groups in total. The van der Waals surface area contributed by atoms with Crippen LogP contribution in [0.15, 0.2) is 58.1 Å². The predicted molar refractivity (Wildman–Crippen MR) is 124 cm³/mol. The number of carbonyl (C=O) groups excluding carboxylic acids is 2. The summed E-state index contributed by atoms with van der Waals surface area (Å²) in [4.78, 5) is 38.5. The summed E-state index contributed by atoms with van der Waals surface area (Å²) in [6.45, 7) is -2.97. The number of nitrogens with two attached hydrogens (primary N) is 1. The Morgan fingerprint density at radius 1 is 1.22 bits per heavy atom. The van der Waals surface area contributed by atoms with Gasteiger partial charge in [-0.15, -0.1) is 5.10 Å². The molecule has 1 saturated heterocycles. The van der Waals surface area contributed by atoms with Crippen molar-refractivity contribution in [3.05, 3.63) is 59.1 Å². The third kappa shape index (κ3) is 4.52. The molecule has 0 radical (unpaired) electrons. The second kappa shape index (κ2) is 9.44. The number of nitrogens with zero attached hydrogens (tertiary/aromatic N) is 5. The molecular weight excluding hydrogens is 496 g/mol. The number of morpholine rings is 1. The number of hydrogen-bond acceptors (Lipinski definition) is 9. The fourth-order valence-corrected chi connectivity index (χ4v) is 3.83. The van der Waals surface area contributed by atoms with Crippen LogP contribution in [0.3, 0.4) is 0 Å². The Labute approximate surface area is 205 Å². The molecule has 2 amide bonds. The Hall–Kier alpha value is -4.63. The lowest BCUT2D eigenvalue weighted by molar-refractivity contribution is -0.150. The van der Waals surface area contributed by atoms with Crippen molar-refractivity contribution >= 4 is 40.1 Å². The lowest BCUT2D eigenvalue weighted by Crippen LogP contribution is -2.55. The van der Waals surface area contributed by atoms with Gasteiger partial charge in [0.15, 0.2) is 29.4 Å². The van der Waals surface area contributed by atoms with Gasteiger partial charge in [0.05, 0.1) is 24.2 Å². The zero-order chi connectivity index (χ0) is 26.3. The molecule has 4 aromatic rings. The smallest absolute Gasteiger partial charge is 0.321 e. The first-order chi connectivity index (χ1) is 17.7. The number of rotatable bonds is 6. The molecule has 0 bridgehead atoms. The van der Waals surface area contributed by atoms with Crippen LogP contribution in [0.4, 0.5) is 26.1 Å². The maximum atomic E-state index is 13.1. The lowest BCUT2D eigenvalue weighted by atomic mass is 10.1. The first kappa shape index (κ1) is 24.1. The number of aromatic nitrogens is 4. The lowest BCUT2D eigenvalue weighted by Gasteiger charge is -2.32. The third-order valence-electron chi connectivity index (χ3n) is 5.69. The van der Waals surface area contributed by atoms with Crippen LogP contribution >= 0.6 is 0 Å². The molecule has 0 saturated carbocycles. The number of benzene rings is 1. The number of amides is 2. The number of nitrogens with one attached hydrogen (secondary N) is 1. The molecule has 5 rings (SSSR count). The minimum absolute atomic E-state index is 0.00678. The second-order valence-electron chi connectivity index (χ2n) is 8.02. The molecule has 1 fully saturated rings. The number of ether oxygens (including phenoxy) is 1. The Morgan fingerprint density at radius 3 is 2.81 bits per heavy atom. The van der Waals surface area contributed by atoms with E-state index >= 15 is 0 Å². The van der Waals surface area contributed by atoms with E-state index in [1.807, 2.05) is 0 Å². The number of nitrogen functional groups attached to an aromatic ring is 1. The maximum absolute atomic E-state index is 13.1. The van der Waals surface area contributed by atoms with E-state index in [2.05, 4.69) is 15.6 Å². The van der Waals surface area contributed by atoms with Gasteiger partial charge in [0.2, 0.25) is 0 Å². The maximum Gasteiger partial charge on any atom is 0.321 e. The molecule has 2 unspecified atom stereocenters. The van der Waals surface area contributed by atoms with Crippen molar-refractivity contribution in [2.45, 2.75) is 18.8 Å². The molecule has 37 heavy (non-hydrogen) atoms. The number of aliphatic hydroxyl groups excluding tert-OH is 1. The molecule has 1 aliphatic heterocycles. The van der Waals surface area contributed by atoms with E-state index in [4.69, 9.17) is 15.0 Å². The van der Waals surface area contributed by atoms with Crippen molar-refractivity contribution in [1.29, 1.82) is 0 Å². The highest BCUT2D eigenvalue weighted by atomic mass is 19.3. The summed E-state index contributed by atoms with van der Waals surface area (Å²) in [7, 11) is 0. The molecule has 1 aromatic carbocycles. The van der Waals surface area contributed by atoms with Crippen molar-refractivity contribution in [2.75, 3.05) is 29.1 Å². The minimum atomic E-state index is -3.03. The summed E-state index contributed by atoms with van der Waals surface area (Å²) < 4.78 is 38.0. The van der Waals surface area contributed by atoms with Gasteiger partial charge in [-0.2, -0.15) is 8.78 Å². The normalized spacial score (nSPS) is 16.9. The first-order valence-corrected chi connectivity index (χ1v) is 10.9. The molecule has 3 aromatic heterocycles. The van der Waals surface area contributed by atoms with Gasteiger partial charge in [0.25, 0.3) is 17.4 Å². The van der Waals surface area contributed by atoms with Crippen molar-refractivity contribution in [2.24, 2.45) is 0 Å². The van der Waals surface area contributed by atoms with E-state index in [1.165, 1.54) is 40.0 Å². The summed E-state index contributed by atoms with van der Waals surface area (Å²) >= 11 is 0. The minimum Gasteiger partial charge on any atom is -0.380 e. The average molecular weight is 515 g/mol. The summed E-state index contributed by atoms with van der Waals surface area (Å²) in [5.41, 5.74) is 5.54. The van der Waals surface area contributed by atoms with Crippen molar-refractivity contribution in [3.63, 3.8) is 0 Å². The summed E-state index contributed by atoms with van der Waals surface area (Å²) in [6.07, 6.45) is -1.03. The number of carbonyl (C=O) groups is 2. The van der Waals surface area contributed by atoms with Crippen LogP contribution in [-0.2, 0) is 14.3 Å². The van der Waals surface area contributed by atoms with Crippen LogP contribution in [0.1, 0.15) is 6.55 Å². The molecule has 4 heterocycles. The van der Waals surface area contributed by atoms with Crippen LogP contribution in [0.5, 0.6) is 0 Å². The molecule has 0 spiro atoms. The van der Waals surface area contributed by atoms with Crippen LogP contribution in [-0.4, -0.2) is 61.8 Å². The van der Waals surface area contributed by atoms with Gasteiger partial charge < -0.3 is 25.4 Å². The molecule has 1 aliphatic rings. The molecule has 13 nitrogen and oxygen atoms in total. The van der Waals surface area contributed by atoms with Gasteiger partial charge in [-0.1, -0.05) is 5.16 Å². The van der Waals surface area contributed by atoms with E-state index < -0.39 is 36.1 Å². The fourth-order valence-electron chi connectivity index (χ4n) is 3.83. The third-order valence-corrected chi connectivity index (χ3v) is 5.69. The average Bonchev–Trinajstić information content (AvgIpc) is 3.51. The highest BCUT2D eigenvalue weighted by molar-refractivity contribution is 6.04. The topological polar surface area (TPSA) is 171 Å². The van der Waals surface area contributed by atoms with E-state index in [9.17, 15) is 28.3 Å². The SMILES string of the molecule is Nc1noc2cc(NC(=O)C(O)C3OCCN(c4ccn(-c5ccc(=O)n(C(F)F)c5)n4)C3=O)ccc12. The summed E-state index contributed by atoms with van der Waals surface area (Å²) in [5, 5.41) is 21.5. The van der Waals surface area contributed by atoms with E-state index in [1.54, 1.807) is 6.07 Å². The highest BCUT2D eigenvalue weighted by Gasteiger charge is 2.40. The van der Waals surface area contributed by atoms with Crippen LogP contribution in [0.25, 0.3) is 16.7 Å².